The molecule has 0 saturated carbocycles. The van der Waals surface area contributed by atoms with Crippen LogP contribution in [0.15, 0.2) is 77.2 Å². The lowest BCUT2D eigenvalue weighted by molar-refractivity contribution is -0.358. The number of aliphatic hydroxyl groups excluding tert-OH is 9. The molecule has 3 saturated heterocycles. The number of carbonyl (C=O) groups excluding carboxylic acids is 2. The Morgan fingerprint density at radius 1 is 0.560 bits per heavy atom. The lowest BCUT2D eigenvalue weighted by Gasteiger charge is -2.46. The summed E-state index contributed by atoms with van der Waals surface area (Å²) in [7, 11) is 3.91. The minimum absolute atomic E-state index is 0.00754. The first-order chi connectivity index (χ1) is 40.1. The summed E-state index contributed by atoms with van der Waals surface area (Å²) in [6.45, 7) is -0.873. The average Bonchev–Trinajstić information content (AvgIpc) is 3.16. The third kappa shape index (κ3) is 13.4. The molecule has 1 aromatic heterocycles. The molecule has 3 fully saturated rings. The van der Waals surface area contributed by atoms with E-state index in [9.17, 15) is 81.1 Å². The van der Waals surface area contributed by atoms with Crippen molar-refractivity contribution in [1.29, 1.82) is 0 Å². The largest absolute Gasteiger partial charge is 0.507 e. The molecule has 0 spiro atoms. The van der Waals surface area contributed by atoms with Crippen LogP contribution in [0.1, 0.15) is 23.6 Å². The highest BCUT2D eigenvalue weighted by atomic mass is 16.8. The van der Waals surface area contributed by atoms with Gasteiger partial charge in [-0.1, -0.05) is 6.92 Å². The zero-order valence-corrected chi connectivity index (χ0v) is 45.0. The molecule has 84 heavy (non-hydrogen) atoms. The fraction of sp³-hybridized carbons (Fsp3) is 0.411. The number of aliphatic hydroxyl groups is 9. The molecule has 5 aromatic rings. The number of phenolic OH excluding ortho intramolecular Hbond substituents is 5. The Bertz CT molecular complexity index is 3150. The van der Waals surface area contributed by atoms with Crippen molar-refractivity contribution in [3.8, 4) is 68.8 Å². The van der Waals surface area contributed by atoms with E-state index in [0.717, 1.165) is 36.4 Å². The second kappa shape index (κ2) is 26.8. The molecule has 3 aliphatic heterocycles. The maximum atomic E-state index is 13.6. The van der Waals surface area contributed by atoms with Crippen LogP contribution in [-0.2, 0) is 44.4 Å². The average molecular weight is 1180 g/mol. The highest BCUT2D eigenvalue weighted by Gasteiger charge is 2.54. The molecule has 0 radical (unpaired) electrons. The summed E-state index contributed by atoms with van der Waals surface area (Å²) in [5, 5.41) is 151. The van der Waals surface area contributed by atoms with E-state index in [1.807, 2.05) is 0 Å². The molecule has 28 heteroatoms. The van der Waals surface area contributed by atoms with Gasteiger partial charge < -0.3 is 124 Å². The van der Waals surface area contributed by atoms with Gasteiger partial charge in [-0.15, -0.1) is 0 Å². The van der Waals surface area contributed by atoms with Crippen LogP contribution in [0.3, 0.4) is 0 Å². The van der Waals surface area contributed by atoms with E-state index in [-0.39, 0.29) is 56.8 Å². The maximum Gasteiger partial charge on any atom is 0.402 e. The second-order valence-electron chi connectivity index (χ2n) is 19.3. The van der Waals surface area contributed by atoms with E-state index in [0.29, 0.717) is 23.1 Å². The summed E-state index contributed by atoms with van der Waals surface area (Å²) in [6, 6.07) is 12.4. The van der Waals surface area contributed by atoms with Crippen molar-refractivity contribution >= 4 is 35.1 Å². The molecule has 0 amide bonds. The van der Waals surface area contributed by atoms with E-state index in [1.165, 1.54) is 63.8 Å². The molecule has 3 aliphatic rings. The molecule has 4 heterocycles. The first-order valence-corrected chi connectivity index (χ1v) is 25.8. The van der Waals surface area contributed by atoms with Crippen molar-refractivity contribution < 1.29 is 138 Å². The third-order valence-corrected chi connectivity index (χ3v) is 13.9. The van der Waals surface area contributed by atoms with Crippen LogP contribution in [0.5, 0.6) is 57.5 Å². The summed E-state index contributed by atoms with van der Waals surface area (Å²) in [5.41, 5.74) is 0.847. The Labute approximate surface area is 476 Å². The quantitative estimate of drug-likeness (QED) is 0.0214. The zero-order chi connectivity index (χ0) is 60.8. The Hall–Kier alpha value is -7.81. The summed E-state index contributed by atoms with van der Waals surface area (Å²) in [5.74, 6) is -5.50. The molecule has 454 valence electrons. The molecule has 0 aliphatic carbocycles. The number of aryl methyl sites for hydroxylation is 1. The van der Waals surface area contributed by atoms with Crippen LogP contribution >= 0.6 is 0 Å². The fourth-order valence-corrected chi connectivity index (χ4v) is 9.30. The van der Waals surface area contributed by atoms with E-state index in [2.05, 4.69) is 0 Å². The molecular formula is C56H63O28+. The molecule has 15 atom stereocenters. The number of carbonyl (C=O) groups is 2. The van der Waals surface area contributed by atoms with E-state index in [4.69, 9.17) is 56.5 Å². The first kappa shape index (κ1) is 62.2. The van der Waals surface area contributed by atoms with Crippen LogP contribution in [0.25, 0.3) is 34.4 Å². The van der Waals surface area contributed by atoms with E-state index in [1.54, 1.807) is 13.0 Å². The van der Waals surface area contributed by atoms with Gasteiger partial charge >= 0.3 is 23.3 Å². The van der Waals surface area contributed by atoms with Gasteiger partial charge in [-0.05, 0) is 71.7 Å². The fourth-order valence-electron chi connectivity index (χ4n) is 9.30. The van der Waals surface area contributed by atoms with Gasteiger partial charge in [0, 0.05) is 30.4 Å². The van der Waals surface area contributed by atoms with Gasteiger partial charge in [0.05, 0.1) is 46.2 Å². The van der Waals surface area contributed by atoms with Crippen LogP contribution in [0.4, 0.5) is 0 Å². The summed E-state index contributed by atoms with van der Waals surface area (Å²) in [6.07, 6.45) is -24.2. The van der Waals surface area contributed by atoms with E-state index >= 15 is 0 Å². The number of rotatable bonds is 20. The third-order valence-electron chi connectivity index (χ3n) is 13.9. The predicted octanol–water partition coefficient (Wildman–Crippen LogP) is 0.207. The summed E-state index contributed by atoms with van der Waals surface area (Å²) < 4.78 is 69.2. The zero-order valence-electron chi connectivity index (χ0n) is 45.0. The van der Waals surface area contributed by atoms with Crippen LogP contribution in [-0.4, -0.2) is 217 Å². The van der Waals surface area contributed by atoms with Gasteiger partial charge in [0.2, 0.25) is 24.1 Å². The monoisotopic (exact) mass is 1180 g/mol. The standard InChI is InChI=1S/C56H62O28/c1-5-25-12-23(13-33(73-2)42(25)64)7-11-41(63)83-52-48(70)45(67)38(21-58)81-56(52)84-53-49(71)46(68)39(22-76-40(62)10-6-24-14-34(74-3)43(65)35(15-24)75-4)82-55(53)79-36-19-28-31(77-51(36)26-8-9-29(60)30(61)16-26)17-27(59)18-32(28)78-54-50(72)47(69)44(66)37(20-57)80-54/h6-19,37-39,44-50,52-58,66-72H,5,20-22H2,1-4H3,(H4-,59,60,61,62,63,64,65)/p+1/t37-,38-,39-,44-,45-,46-,47+,48+,49+,50-,52-,53-,54-,55-,56+/m1/s1. The van der Waals surface area contributed by atoms with Gasteiger partial charge in [-0.3, -0.25) is 0 Å². The Morgan fingerprint density at radius 2 is 1.12 bits per heavy atom. The molecule has 14 N–H and O–H groups in total. The van der Waals surface area contributed by atoms with Gasteiger partial charge in [0.15, 0.2) is 53.0 Å². The maximum absolute atomic E-state index is 13.6. The summed E-state index contributed by atoms with van der Waals surface area (Å²) >= 11 is 0. The lowest BCUT2D eigenvalue weighted by Crippen LogP contribution is -2.65. The number of phenols is 5. The summed E-state index contributed by atoms with van der Waals surface area (Å²) in [4.78, 5) is 26.9. The molecule has 28 nitrogen and oxygen atoms in total. The minimum atomic E-state index is -2.21. The number of aromatic hydroxyl groups is 5. The topological polar surface area (TPSA) is 430 Å². The Kier molecular flexibility index (Phi) is 19.9. The number of hydrogen-bond acceptors (Lipinski definition) is 27. The van der Waals surface area contributed by atoms with Crippen molar-refractivity contribution in [3.05, 3.63) is 89.5 Å². The Morgan fingerprint density at radius 3 is 1.74 bits per heavy atom. The first-order valence-electron chi connectivity index (χ1n) is 25.8. The van der Waals surface area contributed by atoms with Crippen molar-refractivity contribution in [1.82, 2.24) is 0 Å². The molecule has 8 rings (SSSR count). The smallest absolute Gasteiger partial charge is 0.402 e. The molecule has 4 aromatic carbocycles. The highest BCUT2D eigenvalue weighted by molar-refractivity contribution is 5.90. The molecule has 0 unspecified atom stereocenters. The number of esters is 2. The molecular weight excluding hydrogens is 1120 g/mol. The van der Waals surface area contributed by atoms with Crippen LogP contribution in [0.2, 0.25) is 0 Å². The van der Waals surface area contributed by atoms with Crippen molar-refractivity contribution in [2.45, 2.75) is 105 Å². The lowest BCUT2D eigenvalue weighted by atomic mass is 9.97. The second-order valence-corrected chi connectivity index (χ2v) is 19.3. The normalized spacial score (nSPS) is 28.0. The van der Waals surface area contributed by atoms with Gasteiger partial charge in [0.1, 0.15) is 84.5 Å². The van der Waals surface area contributed by atoms with Gasteiger partial charge in [-0.2, -0.15) is 0 Å². The molecule has 0 bridgehead atoms. The van der Waals surface area contributed by atoms with E-state index < -0.39 is 147 Å². The highest BCUT2D eigenvalue weighted by Crippen LogP contribution is 2.44. The van der Waals surface area contributed by atoms with Gasteiger partial charge in [0.25, 0.3) is 0 Å². The van der Waals surface area contributed by atoms with Crippen molar-refractivity contribution in [2.75, 3.05) is 41.2 Å². The van der Waals surface area contributed by atoms with Crippen molar-refractivity contribution in [3.63, 3.8) is 0 Å². The number of methoxy groups -OCH3 is 3. The van der Waals surface area contributed by atoms with Crippen molar-refractivity contribution in [2.24, 2.45) is 0 Å². The van der Waals surface area contributed by atoms with Crippen LogP contribution in [0, 0.1) is 0 Å². The SMILES string of the molecule is CCc1cc(/C=C/C(=O)O[C@H]2[C@H](O[C@H]3[C@H](Oc4cc5c(O[C@@H]6O[C@H](CO)[C@@H](O)[C@H](O)[C@H]6O)cc(O)cc5[o+]c4-c4ccc(O)c(O)c4)O[C@H](COC(=O)/C=C/c4cc(OC)c(O)c(OC)c4)[C@@H](O)[C@@H]3O)O[C@H](CO)[C@@H](O)[C@@H]2O)cc(OC)c1O. The number of benzene rings is 4. The number of hydrogen-bond donors (Lipinski definition) is 14. The minimum Gasteiger partial charge on any atom is -0.507 e. The van der Waals surface area contributed by atoms with Gasteiger partial charge in [-0.25, -0.2) is 14.0 Å². The van der Waals surface area contributed by atoms with Crippen LogP contribution < -0.4 is 23.7 Å². The number of ether oxygens (including phenoxy) is 11. The Balaban J connectivity index is 1.18. The predicted molar refractivity (Wildman–Crippen MR) is 284 cm³/mol. The number of fused-ring (bicyclic) bond motifs is 1.